The predicted molar refractivity (Wildman–Crippen MR) is 55.8 cm³/mol. The summed E-state index contributed by atoms with van der Waals surface area (Å²) in [6.07, 6.45) is 1.08. The Balaban J connectivity index is 2.69. The highest BCUT2D eigenvalue weighted by Crippen LogP contribution is 2.49. The Morgan fingerprint density at radius 3 is 2.33 bits per heavy atom. The number of amides is 1. The molecule has 1 rings (SSSR count). The Hall–Kier alpha value is -1.06. The minimum atomic E-state index is -1.04. The van der Waals surface area contributed by atoms with Crippen molar-refractivity contribution in [1.29, 1.82) is 0 Å². The summed E-state index contributed by atoms with van der Waals surface area (Å²) in [5.41, 5.74) is 4.25. The molecular weight excluding hydrogens is 194 g/mol. The summed E-state index contributed by atoms with van der Waals surface area (Å²) in [5, 5.41) is 0. The van der Waals surface area contributed by atoms with Crippen LogP contribution in [0.3, 0.4) is 0 Å². The van der Waals surface area contributed by atoms with Crippen LogP contribution in [-0.4, -0.2) is 18.5 Å². The van der Waals surface area contributed by atoms with E-state index in [0.29, 0.717) is 31.3 Å². The van der Waals surface area contributed by atoms with Crippen LogP contribution in [0.1, 0.15) is 33.6 Å². The number of carbonyl (C=O) groups excluding carboxylic acids is 2. The summed E-state index contributed by atoms with van der Waals surface area (Å²) >= 11 is 0. The molecule has 0 bridgehead atoms. The van der Waals surface area contributed by atoms with Crippen LogP contribution >= 0.6 is 0 Å². The van der Waals surface area contributed by atoms with E-state index in [2.05, 4.69) is 13.8 Å². The number of esters is 1. The van der Waals surface area contributed by atoms with Gasteiger partial charge in [-0.2, -0.15) is 0 Å². The van der Waals surface area contributed by atoms with Crippen LogP contribution < -0.4 is 5.73 Å². The van der Waals surface area contributed by atoms with Crippen LogP contribution in [0.4, 0.5) is 0 Å². The van der Waals surface area contributed by atoms with Crippen molar-refractivity contribution in [2.75, 3.05) is 6.61 Å². The van der Waals surface area contributed by atoms with Crippen molar-refractivity contribution in [2.45, 2.75) is 33.6 Å². The van der Waals surface area contributed by atoms with Gasteiger partial charge in [0.15, 0.2) is 0 Å². The molecule has 0 spiro atoms. The van der Waals surface area contributed by atoms with Gasteiger partial charge < -0.3 is 10.5 Å². The van der Waals surface area contributed by atoms with E-state index in [1.165, 1.54) is 0 Å². The third kappa shape index (κ3) is 1.98. The number of primary amides is 1. The largest absolute Gasteiger partial charge is 0.465 e. The van der Waals surface area contributed by atoms with Crippen LogP contribution in [0.25, 0.3) is 0 Å². The molecule has 0 heterocycles. The maximum Gasteiger partial charge on any atom is 0.321 e. The Kier molecular flexibility index (Phi) is 3.37. The number of nitrogens with two attached hydrogens (primary N) is 1. The highest BCUT2D eigenvalue weighted by Gasteiger charge is 2.56. The Labute approximate surface area is 90.2 Å². The van der Waals surface area contributed by atoms with Gasteiger partial charge >= 0.3 is 5.97 Å². The van der Waals surface area contributed by atoms with Crippen molar-refractivity contribution in [3.8, 4) is 0 Å². The fourth-order valence-electron chi connectivity index (χ4n) is 2.04. The number of hydrogen-bond donors (Lipinski definition) is 1. The highest BCUT2D eigenvalue weighted by atomic mass is 16.5. The van der Waals surface area contributed by atoms with Gasteiger partial charge in [0.05, 0.1) is 6.61 Å². The Bertz CT molecular complexity index is 267. The molecule has 0 aromatic heterocycles. The standard InChI is InChI=1S/C11H19NO3/c1-4-15-10(14)11(9(12)13)5-8(6-11)7(2)3/h7-8H,4-6H2,1-3H3,(H2,12,13). The molecule has 0 saturated heterocycles. The van der Waals surface area contributed by atoms with Gasteiger partial charge in [-0.15, -0.1) is 0 Å². The van der Waals surface area contributed by atoms with Gasteiger partial charge in [0.2, 0.25) is 5.91 Å². The fraction of sp³-hybridized carbons (Fsp3) is 0.818. The maximum absolute atomic E-state index is 11.6. The molecule has 1 saturated carbocycles. The SMILES string of the molecule is CCOC(=O)C1(C(N)=O)CC(C(C)C)C1. The average Bonchev–Trinajstić information content (AvgIpc) is 2.00. The smallest absolute Gasteiger partial charge is 0.321 e. The van der Waals surface area contributed by atoms with Gasteiger partial charge in [-0.3, -0.25) is 9.59 Å². The Morgan fingerprint density at radius 2 is 2.00 bits per heavy atom. The average molecular weight is 213 g/mol. The van der Waals surface area contributed by atoms with Gasteiger partial charge in [-0.25, -0.2) is 0 Å². The molecule has 1 aliphatic carbocycles. The first kappa shape index (κ1) is 12.0. The molecule has 1 aliphatic rings. The van der Waals surface area contributed by atoms with Crippen LogP contribution in [0.5, 0.6) is 0 Å². The van der Waals surface area contributed by atoms with Crippen molar-refractivity contribution in [2.24, 2.45) is 23.0 Å². The molecule has 0 atom stereocenters. The molecule has 0 unspecified atom stereocenters. The van der Waals surface area contributed by atoms with Crippen molar-refractivity contribution in [3.63, 3.8) is 0 Å². The van der Waals surface area contributed by atoms with Crippen LogP contribution in [-0.2, 0) is 14.3 Å². The van der Waals surface area contributed by atoms with Crippen molar-refractivity contribution in [3.05, 3.63) is 0 Å². The molecule has 1 amide bonds. The summed E-state index contributed by atoms with van der Waals surface area (Å²) in [6, 6.07) is 0. The molecule has 4 heteroatoms. The zero-order valence-corrected chi connectivity index (χ0v) is 9.58. The van der Waals surface area contributed by atoms with Crippen LogP contribution in [0.2, 0.25) is 0 Å². The second-order valence-corrected chi connectivity index (χ2v) is 4.58. The highest BCUT2D eigenvalue weighted by molar-refractivity contribution is 6.03. The number of carbonyl (C=O) groups is 2. The van der Waals surface area contributed by atoms with E-state index in [-0.39, 0.29) is 0 Å². The maximum atomic E-state index is 11.6. The third-order valence-electron chi connectivity index (χ3n) is 3.30. The third-order valence-corrected chi connectivity index (χ3v) is 3.30. The topological polar surface area (TPSA) is 69.4 Å². The molecular formula is C11H19NO3. The lowest BCUT2D eigenvalue weighted by Gasteiger charge is -2.44. The van der Waals surface area contributed by atoms with E-state index in [1.807, 2.05) is 0 Å². The second-order valence-electron chi connectivity index (χ2n) is 4.58. The number of ether oxygens (including phenoxy) is 1. The summed E-state index contributed by atoms with van der Waals surface area (Å²) in [7, 11) is 0. The normalized spacial score (nSPS) is 29.7. The Morgan fingerprint density at radius 1 is 1.47 bits per heavy atom. The van der Waals surface area contributed by atoms with E-state index < -0.39 is 17.3 Å². The lowest BCUT2D eigenvalue weighted by Crippen LogP contribution is -2.54. The predicted octanol–water partition coefficient (Wildman–Crippen LogP) is 1.09. The van der Waals surface area contributed by atoms with E-state index in [4.69, 9.17) is 10.5 Å². The van der Waals surface area contributed by atoms with Gasteiger partial charge in [0.1, 0.15) is 5.41 Å². The van der Waals surface area contributed by atoms with Crippen molar-refractivity contribution >= 4 is 11.9 Å². The fourth-order valence-corrected chi connectivity index (χ4v) is 2.04. The molecule has 15 heavy (non-hydrogen) atoms. The first-order chi connectivity index (χ1) is 6.94. The molecule has 1 fully saturated rings. The first-order valence-corrected chi connectivity index (χ1v) is 5.41. The summed E-state index contributed by atoms with van der Waals surface area (Å²) in [4.78, 5) is 22.9. The molecule has 0 aliphatic heterocycles. The van der Waals surface area contributed by atoms with Gasteiger partial charge in [-0.05, 0) is 31.6 Å². The van der Waals surface area contributed by atoms with E-state index >= 15 is 0 Å². The minimum Gasteiger partial charge on any atom is -0.465 e. The molecule has 0 aromatic carbocycles. The van der Waals surface area contributed by atoms with Crippen molar-refractivity contribution < 1.29 is 14.3 Å². The van der Waals surface area contributed by atoms with E-state index in [1.54, 1.807) is 6.92 Å². The molecule has 4 nitrogen and oxygen atoms in total. The zero-order valence-electron chi connectivity index (χ0n) is 9.58. The minimum absolute atomic E-state index is 0.292. The summed E-state index contributed by atoms with van der Waals surface area (Å²) in [6.45, 7) is 6.19. The number of hydrogen-bond acceptors (Lipinski definition) is 3. The van der Waals surface area contributed by atoms with E-state index in [9.17, 15) is 9.59 Å². The molecule has 0 radical (unpaired) electrons. The lowest BCUT2D eigenvalue weighted by molar-refractivity contribution is -0.171. The summed E-state index contributed by atoms with van der Waals surface area (Å²) in [5.74, 6) is -0.110. The zero-order chi connectivity index (χ0) is 11.6. The van der Waals surface area contributed by atoms with Gasteiger partial charge in [-0.1, -0.05) is 13.8 Å². The molecule has 86 valence electrons. The summed E-state index contributed by atoms with van der Waals surface area (Å²) < 4.78 is 4.90. The lowest BCUT2D eigenvalue weighted by atomic mass is 9.58. The van der Waals surface area contributed by atoms with Gasteiger partial charge in [0, 0.05) is 0 Å². The van der Waals surface area contributed by atoms with Crippen LogP contribution in [0.15, 0.2) is 0 Å². The van der Waals surface area contributed by atoms with Crippen LogP contribution in [0, 0.1) is 17.3 Å². The molecule has 2 N–H and O–H groups in total. The quantitative estimate of drug-likeness (QED) is 0.561. The van der Waals surface area contributed by atoms with Crippen molar-refractivity contribution in [1.82, 2.24) is 0 Å². The van der Waals surface area contributed by atoms with Gasteiger partial charge in [0.25, 0.3) is 0 Å². The first-order valence-electron chi connectivity index (χ1n) is 5.41. The van der Waals surface area contributed by atoms with E-state index in [0.717, 1.165) is 0 Å². The monoisotopic (exact) mass is 213 g/mol. The number of rotatable bonds is 4. The second kappa shape index (κ2) is 4.21. The molecule has 0 aromatic rings.